The number of guanidine groups is 1. The highest BCUT2D eigenvalue weighted by molar-refractivity contribution is 14.0. The molecule has 1 N–H and O–H groups in total. The van der Waals surface area contributed by atoms with Crippen molar-refractivity contribution in [1.82, 2.24) is 24.9 Å². The second-order valence-corrected chi connectivity index (χ2v) is 8.04. The van der Waals surface area contributed by atoms with Crippen molar-refractivity contribution < 1.29 is 4.79 Å². The Morgan fingerprint density at radius 3 is 2.62 bits per heavy atom. The number of aromatic nitrogens is 2. The summed E-state index contributed by atoms with van der Waals surface area (Å²) in [5.41, 5.74) is 0.863. The van der Waals surface area contributed by atoms with Crippen LogP contribution in [0.1, 0.15) is 32.6 Å². The minimum absolute atomic E-state index is 0. The zero-order chi connectivity index (χ0) is 19.9. The molecule has 0 radical (unpaired) electrons. The molecule has 2 saturated heterocycles. The maximum Gasteiger partial charge on any atom is 0.246 e. The molecule has 0 bridgehead atoms. The van der Waals surface area contributed by atoms with Gasteiger partial charge in [-0.15, -0.1) is 24.0 Å². The van der Waals surface area contributed by atoms with Gasteiger partial charge in [0.2, 0.25) is 5.91 Å². The number of carbonyl (C=O) groups is 1. The van der Waals surface area contributed by atoms with Gasteiger partial charge in [-0.3, -0.25) is 14.5 Å². The summed E-state index contributed by atoms with van der Waals surface area (Å²) in [6, 6.07) is 0. The SMILES string of the molecule is CN=C(NCCCCN1CCC(C)CC1)N1CCN(c2cnn(C)c2)C(=O)C1.I. The number of piperidine rings is 1. The van der Waals surface area contributed by atoms with Crippen molar-refractivity contribution in [2.24, 2.45) is 18.0 Å². The third-order valence-electron chi connectivity index (χ3n) is 5.80. The van der Waals surface area contributed by atoms with Crippen LogP contribution in [-0.2, 0) is 11.8 Å². The molecule has 3 heterocycles. The molecule has 0 aromatic carbocycles. The predicted octanol–water partition coefficient (Wildman–Crippen LogP) is 1.77. The molecule has 164 valence electrons. The van der Waals surface area contributed by atoms with E-state index >= 15 is 0 Å². The molecule has 2 fully saturated rings. The van der Waals surface area contributed by atoms with Gasteiger partial charge in [0.1, 0.15) is 6.54 Å². The van der Waals surface area contributed by atoms with Gasteiger partial charge in [0.15, 0.2) is 5.96 Å². The number of piperazine rings is 1. The monoisotopic (exact) mass is 517 g/mol. The lowest BCUT2D eigenvalue weighted by atomic mass is 9.99. The lowest BCUT2D eigenvalue weighted by molar-refractivity contribution is -0.120. The van der Waals surface area contributed by atoms with Crippen LogP contribution in [0.15, 0.2) is 17.4 Å². The summed E-state index contributed by atoms with van der Waals surface area (Å²) in [5, 5.41) is 7.59. The Morgan fingerprint density at radius 2 is 2.00 bits per heavy atom. The average Bonchev–Trinajstić information content (AvgIpc) is 3.12. The van der Waals surface area contributed by atoms with Crippen LogP contribution in [0.25, 0.3) is 0 Å². The molecule has 0 saturated carbocycles. The summed E-state index contributed by atoms with van der Waals surface area (Å²) < 4.78 is 1.72. The molecular weight excluding hydrogens is 481 g/mol. The van der Waals surface area contributed by atoms with Crippen LogP contribution in [0.4, 0.5) is 5.69 Å². The molecule has 0 atom stereocenters. The predicted molar refractivity (Wildman–Crippen MR) is 128 cm³/mol. The third-order valence-corrected chi connectivity index (χ3v) is 5.80. The fraction of sp³-hybridized carbons (Fsp3) is 0.750. The first kappa shape index (κ1) is 23.9. The van der Waals surface area contributed by atoms with Crippen LogP contribution in [-0.4, -0.2) is 84.3 Å². The Kier molecular flexibility index (Phi) is 9.67. The van der Waals surface area contributed by atoms with Crippen molar-refractivity contribution in [2.45, 2.75) is 32.6 Å². The summed E-state index contributed by atoms with van der Waals surface area (Å²) in [7, 11) is 3.65. The van der Waals surface area contributed by atoms with Crippen molar-refractivity contribution >= 4 is 41.5 Å². The number of unbranched alkanes of at least 4 members (excludes halogenated alkanes) is 1. The van der Waals surface area contributed by atoms with E-state index in [2.05, 4.69) is 27.2 Å². The molecule has 2 aliphatic rings. The number of nitrogens with one attached hydrogen (secondary N) is 1. The topological polar surface area (TPSA) is 69.0 Å². The highest BCUT2D eigenvalue weighted by Crippen LogP contribution is 2.17. The molecule has 2 aliphatic heterocycles. The second-order valence-electron chi connectivity index (χ2n) is 8.04. The maximum atomic E-state index is 12.6. The highest BCUT2D eigenvalue weighted by atomic mass is 127. The van der Waals surface area contributed by atoms with E-state index in [0.717, 1.165) is 37.1 Å². The number of likely N-dealkylation sites (tertiary alicyclic amines) is 1. The van der Waals surface area contributed by atoms with Crippen molar-refractivity contribution in [1.29, 1.82) is 0 Å². The van der Waals surface area contributed by atoms with Gasteiger partial charge >= 0.3 is 0 Å². The normalized spacial score (nSPS) is 19.4. The van der Waals surface area contributed by atoms with Crippen molar-refractivity contribution in [3.63, 3.8) is 0 Å². The first-order valence-corrected chi connectivity index (χ1v) is 10.5. The van der Waals surface area contributed by atoms with Crippen LogP contribution >= 0.6 is 24.0 Å². The quantitative estimate of drug-likeness (QED) is 0.270. The van der Waals surface area contributed by atoms with Gasteiger partial charge in [-0.25, -0.2) is 0 Å². The number of amides is 1. The summed E-state index contributed by atoms with van der Waals surface area (Å²) >= 11 is 0. The standard InChI is InChI=1S/C20H35N7O.HI/c1-17-6-10-25(11-7-17)9-5-4-8-22-20(21-2)26-12-13-27(19(28)16-26)18-14-23-24(3)15-18;/h14-15,17H,4-13,16H2,1-3H3,(H,21,22);1H. The number of nitrogens with zero attached hydrogens (tertiary/aromatic N) is 6. The van der Waals surface area contributed by atoms with Gasteiger partial charge in [0, 0.05) is 39.9 Å². The number of aryl methyl sites for hydroxylation is 1. The van der Waals surface area contributed by atoms with Gasteiger partial charge in [-0.2, -0.15) is 5.10 Å². The van der Waals surface area contributed by atoms with E-state index in [-0.39, 0.29) is 29.9 Å². The molecule has 1 amide bonds. The Morgan fingerprint density at radius 1 is 1.24 bits per heavy atom. The number of carbonyl (C=O) groups excluding carboxylic acids is 1. The number of hydrogen-bond acceptors (Lipinski definition) is 4. The molecule has 8 nitrogen and oxygen atoms in total. The fourth-order valence-electron chi connectivity index (χ4n) is 3.95. The Bertz CT molecular complexity index is 670. The highest BCUT2D eigenvalue weighted by Gasteiger charge is 2.27. The zero-order valence-electron chi connectivity index (χ0n) is 18.0. The van der Waals surface area contributed by atoms with Gasteiger partial charge in [-0.1, -0.05) is 6.92 Å². The van der Waals surface area contributed by atoms with Crippen LogP contribution in [0.2, 0.25) is 0 Å². The zero-order valence-corrected chi connectivity index (χ0v) is 20.3. The van der Waals surface area contributed by atoms with E-state index in [1.54, 1.807) is 22.8 Å². The number of aliphatic imine (C=N–C) groups is 1. The lowest BCUT2D eigenvalue weighted by Gasteiger charge is -2.35. The van der Waals surface area contributed by atoms with Crippen molar-refractivity contribution in [3.8, 4) is 0 Å². The Balaban J connectivity index is 0.00000300. The number of hydrogen-bond donors (Lipinski definition) is 1. The summed E-state index contributed by atoms with van der Waals surface area (Å²) in [5.74, 6) is 1.80. The van der Waals surface area contributed by atoms with Crippen LogP contribution in [0.5, 0.6) is 0 Å². The summed E-state index contributed by atoms with van der Waals surface area (Å²) in [6.45, 7) is 8.71. The number of rotatable bonds is 6. The lowest BCUT2D eigenvalue weighted by Crippen LogP contribution is -2.55. The third kappa shape index (κ3) is 6.84. The molecule has 1 aromatic rings. The average molecular weight is 517 g/mol. The van der Waals surface area contributed by atoms with Gasteiger partial charge < -0.3 is 20.0 Å². The van der Waals surface area contributed by atoms with Gasteiger partial charge in [-0.05, 0) is 51.2 Å². The van der Waals surface area contributed by atoms with Gasteiger partial charge in [0.05, 0.1) is 11.9 Å². The number of halogens is 1. The largest absolute Gasteiger partial charge is 0.356 e. The van der Waals surface area contributed by atoms with E-state index in [9.17, 15) is 4.79 Å². The van der Waals surface area contributed by atoms with E-state index < -0.39 is 0 Å². The van der Waals surface area contributed by atoms with Crippen LogP contribution in [0, 0.1) is 5.92 Å². The molecule has 29 heavy (non-hydrogen) atoms. The van der Waals surface area contributed by atoms with Crippen molar-refractivity contribution in [3.05, 3.63) is 12.4 Å². The minimum Gasteiger partial charge on any atom is -0.356 e. The molecule has 0 unspecified atom stereocenters. The second kappa shape index (κ2) is 11.7. The first-order chi connectivity index (χ1) is 13.6. The van der Waals surface area contributed by atoms with E-state index in [1.165, 1.54) is 38.9 Å². The molecule has 1 aromatic heterocycles. The van der Waals surface area contributed by atoms with Gasteiger partial charge in [0.25, 0.3) is 0 Å². The number of anilines is 1. The van der Waals surface area contributed by atoms with E-state index in [0.29, 0.717) is 13.1 Å². The Labute approximate surface area is 191 Å². The summed E-state index contributed by atoms with van der Waals surface area (Å²) in [4.78, 5) is 23.4. The Hall–Kier alpha value is -1.36. The fourth-order valence-corrected chi connectivity index (χ4v) is 3.95. The smallest absolute Gasteiger partial charge is 0.246 e. The first-order valence-electron chi connectivity index (χ1n) is 10.5. The maximum absolute atomic E-state index is 12.6. The molecule has 0 aliphatic carbocycles. The minimum atomic E-state index is 0. The molecule has 9 heteroatoms. The molecular formula is C20H36IN7O. The van der Waals surface area contributed by atoms with E-state index in [4.69, 9.17) is 0 Å². The molecule has 0 spiro atoms. The van der Waals surface area contributed by atoms with Crippen LogP contribution < -0.4 is 10.2 Å². The molecule has 3 rings (SSSR count). The van der Waals surface area contributed by atoms with E-state index in [1.807, 2.05) is 18.1 Å². The van der Waals surface area contributed by atoms with Crippen LogP contribution in [0.3, 0.4) is 0 Å². The van der Waals surface area contributed by atoms with Crippen molar-refractivity contribution in [2.75, 3.05) is 57.8 Å². The summed E-state index contributed by atoms with van der Waals surface area (Å²) in [6.07, 6.45) is 8.61.